The highest BCUT2D eigenvalue weighted by Crippen LogP contribution is 2.26. The van der Waals surface area contributed by atoms with Gasteiger partial charge in [0.25, 0.3) is 5.91 Å². The summed E-state index contributed by atoms with van der Waals surface area (Å²) in [5, 5.41) is 15.6. The van der Waals surface area contributed by atoms with Crippen LogP contribution in [-0.4, -0.2) is 30.1 Å². The summed E-state index contributed by atoms with van der Waals surface area (Å²) in [6.07, 6.45) is 2.98. The van der Waals surface area contributed by atoms with Crippen LogP contribution in [0.15, 0.2) is 90.1 Å². The minimum atomic E-state index is -3.90. The molecule has 0 fully saturated rings. The number of rotatable bonds is 6. The number of benzene rings is 2. The number of nitrogens with zero attached hydrogens (tertiary/aromatic N) is 2. The molecule has 2 aromatic heterocycles. The number of amides is 1. The molecule has 0 spiro atoms. The van der Waals surface area contributed by atoms with Crippen molar-refractivity contribution in [2.75, 3.05) is 5.32 Å². The van der Waals surface area contributed by atoms with Crippen LogP contribution in [0.4, 0.5) is 5.82 Å². The highest BCUT2D eigenvalue weighted by molar-refractivity contribution is 7.89. The summed E-state index contributed by atoms with van der Waals surface area (Å²) in [5.41, 5.74) is 8.71. The maximum Gasteiger partial charge on any atom is 0.256 e. The molecule has 4 rings (SSSR count). The Labute approximate surface area is 196 Å². The van der Waals surface area contributed by atoms with Gasteiger partial charge in [-0.05, 0) is 36.4 Å². The number of sulfonamides is 1. The van der Waals surface area contributed by atoms with Gasteiger partial charge in [0.2, 0.25) is 10.0 Å². The molecule has 10 heteroatoms. The van der Waals surface area contributed by atoms with Crippen LogP contribution in [0.3, 0.4) is 0 Å². The number of primary sulfonamides is 1. The number of carbonyl (C=O) groups is 1. The van der Waals surface area contributed by atoms with Gasteiger partial charge in [-0.3, -0.25) is 15.2 Å². The number of nitrogens with one attached hydrogen (secondary N) is 2. The lowest BCUT2D eigenvalue weighted by Gasteiger charge is -2.09. The molecule has 4 aromatic rings. The van der Waals surface area contributed by atoms with Gasteiger partial charge in [-0.15, -0.1) is 0 Å². The Kier molecular flexibility index (Phi) is 6.17. The van der Waals surface area contributed by atoms with Crippen LogP contribution >= 0.6 is 0 Å². The van der Waals surface area contributed by atoms with Crippen LogP contribution in [0.2, 0.25) is 0 Å². The molecule has 0 saturated carbocycles. The minimum Gasteiger partial charge on any atom is -0.384 e. The van der Waals surface area contributed by atoms with Gasteiger partial charge in [-0.2, -0.15) is 0 Å². The minimum absolute atomic E-state index is 0.00765. The van der Waals surface area contributed by atoms with Gasteiger partial charge in [0.05, 0.1) is 10.6 Å². The van der Waals surface area contributed by atoms with Crippen molar-refractivity contribution in [1.82, 2.24) is 9.97 Å². The Morgan fingerprint density at radius 2 is 1.68 bits per heavy atom. The second kappa shape index (κ2) is 9.22. The SMILES string of the molecule is N=C(N)c1cccc(-c2cc(C(=O)Nc3ccc(-c4ccccc4S(N)(=O)=O)cn3)ccn2)c1. The molecular weight excluding hydrogens is 452 g/mol. The third-order valence-corrected chi connectivity index (χ3v) is 5.97. The fourth-order valence-corrected chi connectivity index (χ4v) is 4.11. The summed E-state index contributed by atoms with van der Waals surface area (Å²) in [4.78, 5) is 21.3. The average molecular weight is 473 g/mol. The molecule has 6 N–H and O–H groups in total. The standard InChI is InChI=1S/C24H20N6O3S/c25-23(26)16-5-3-4-15(12-16)20-13-17(10-11-28-20)24(31)30-22-9-8-18(14-29-22)19-6-1-2-7-21(19)34(27,32)33/h1-14H,(H3,25,26)(H2,27,32,33)(H,29,30,31). The Morgan fingerprint density at radius 1 is 0.882 bits per heavy atom. The molecular formula is C24H20N6O3S. The second-order valence-corrected chi connectivity index (χ2v) is 8.88. The normalized spacial score (nSPS) is 11.1. The molecule has 9 nitrogen and oxygen atoms in total. The first-order valence-electron chi connectivity index (χ1n) is 10.0. The fourth-order valence-electron chi connectivity index (χ4n) is 3.34. The van der Waals surface area contributed by atoms with Gasteiger partial charge in [-0.25, -0.2) is 18.5 Å². The molecule has 0 aliphatic heterocycles. The molecule has 0 radical (unpaired) electrons. The first kappa shape index (κ1) is 22.8. The van der Waals surface area contributed by atoms with E-state index in [1.54, 1.807) is 60.7 Å². The van der Waals surface area contributed by atoms with Crippen molar-refractivity contribution in [2.45, 2.75) is 4.90 Å². The number of pyridine rings is 2. The van der Waals surface area contributed by atoms with Crippen molar-refractivity contribution in [3.05, 3.63) is 96.3 Å². The van der Waals surface area contributed by atoms with Crippen LogP contribution in [0.25, 0.3) is 22.4 Å². The Bertz CT molecular complexity index is 1500. The number of amidine groups is 1. The van der Waals surface area contributed by atoms with Gasteiger partial charge in [0, 0.05) is 40.2 Å². The van der Waals surface area contributed by atoms with Crippen molar-refractivity contribution in [1.29, 1.82) is 5.41 Å². The number of hydrogen-bond donors (Lipinski definition) is 4. The number of carbonyl (C=O) groups excluding carboxylic acids is 1. The maximum absolute atomic E-state index is 12.8. The molecule has 34 heavy (non-hydrogen) atoms. The maximum atomic E-state index is 12.8. The highest BCUT2D eigenvalue weighted by Gasteiger charge is 2.15. The monoisotopic (exact) mass is 472 g/mol. The third-order valence-electron chi connectivity index (χ3n) is 5.00. The molecule has 2 aromatic carbocycles. The summed E-state index contributed by atoms with van der Waals surface area (Å²) >= 11 is 0. The topological polar surface area (TPSA) is 165 Å². The Hall–Kier alpha value is -4.41. The highest BCUT2D eigenvalue weighted by atomic mass is 32.2. The zero-order valence-electron chi connectivity index (χ0n) is 17.8. The summed E-state index contributed by atoms with van der Waals surface area (Å²) in [7, 11) is -3.90. The van der Waals surface area contributed by atoms with Crippen LogP contribution < -0.4 is 16.2 Å². The van der Waals surface area contributed by atoms with Gasteiger partial charge in [0.1, 0.15) is 11.7 Å². The van der Waals surface area contributed by atoms with Crippen molar-refractivity contribution in [3.8, 4) is 22.4 Å². The van der Waals surface area contributed by atoms with Gasteiger partial charge in [-0.1, -0.05) is 36.4 Å². The van der Waals surface area contributed by atoms with Crippen LogP contribution in [0, 0.1) is 5.41 Å². The van der Waals surface area contributed by atoms with E-state index in [-0.39, 0.29) is 10.7 Å². The van der Waals surface area contributed by atoms with Crippen molar-refractivity contribution in [3.63, 3.8) is 0 Å². The zero-order valence-corrected chi connectivity index (χ0v) is 18.6. The second-order valence-electron chi connectivity index (χ2n) is 7.35. The van der Waals surface area contributed by atoms with Crippen molar-refractivity contribution < 1.29 is 13.2 Å². The number of nitrogen functional groups attached to an aromatic ring is 1. The number of anilines is 1. The first-order chi connectivity index (χ1) is 16.2. The smallest absolute Gasteiger partial charge is 0.256 e. The summed E-state index contributed by atoms with van der Waals surface area (Å²) in [6.45, 7) is 0. The van der Waals surface area contributed by atoms with Crippen molar-refractivity contribution in [2.24, 2.45) is 10.9 Å². The van der Waals surface area contributed by atoms with E-state index in [4.69, 9.17) is 16.3 Å². The van der Waals surface area contributed by atoms with E-state index in [0.29, 0.717) is 33.8 Å². The number of hydrogen-bond acceptors (Lipinski definition) is 6. The van der Waals surface area contributed by atoms with Crippen LogP contribution in [0.1, 0.15) is 15.9 Å². The van der Waals surface area contributed by atoms with Gasteiger partial charge in [0.15, 0.2) is 0 Å². The predicted octanol–water partition coefficient (Wildman–Crippen LogP) is 2.99. The Balaban J connectivity index is 1.55. The summed E-state index contributed by atoms with van der Waals surface area (Å²) in [5.74, 6) is -0.160. The van der Waals surface area contributed by atoms with E-state index in [0.717, 1.165) is 5.56 Å². The molecule has 0 saturated heterocycles. The Morgan fingerprint density at radius 3 is 2.38 bits per heavy atom. The molecule has 170 valence electrons. The van der Waals surface area contributed by atoms with E-state index in [1.807, 2.05) is 6.07 Å². The van der Waals surface area contributed by atoms with Crippen molar-refractivity contribution >= 4 is 27.6 Å². The van der Waals surface area contributed by atoms with Gasteiger partial charge >= 0.3 is 0 Å². The number of nitrogens with two attached hydrogens (primary N) is 2. The third kappa shape index (κ3) is 4.98. The van der Waals surface area contributed by atoms with E-state index >= 15 is 0 Å². The molecule has 1 amide bonds. The van der Waals surface area contributed by atoms with E-state index in [1.165, 1.54) is 18.5 Å². The first-order valence-corrected chi connectivity index (χ1v) is 11.6. The lowest BCUT2D eigenvalue weighted by atomic mass is 10.1. The molecule has 0 bridgehead atoms. The molecule has 2 heterocycles. The lowest BCUT2D eigenvalue weighted by molar-refractivity contribution is 0.102. The predicted molar refractivity (Wildman–Crippen MR) is 130 cm³/mol. The lowest BCUT2D eigenvalue weighted by Crippen LogP contribution is -2.14. The summed E-state index contributed by atoms with van der Waals surface area (Å²) < 4.78 is 23.7. The quantitative estimate of drug-likeness (QED) is 0.249. The fraction of sp³-hybridized carbons (Fsp3) is 0. The number of aromatic nitrogens is 2. The van der Waals surface area contributed by atoms with E-state index in [9.17, 15) is 13.2 Å². The van der Waals surface area contributed by atoms with E-state index < -0.39 is 15.9 Å². The van der Waals surface area contributed by atoms with E-state index in [2.05, 4.69) is 15.3 Å². The molecule has 0 aliphatic rings. The molecule has 0 aliphatic carbocycles. The largest absolute Gasteiger partial charge is 0.384 e. The zero-order chi connectivity index (χ0) is 24.3. The van der Waals surface area contributed by atoms with Gasteiger partial charge < -0.3 is 11.1 Å². The average Bonchev–Trinajstić information content (AvgIpc) is 2.84. The van der Waals surface area contributed by atoms with Crippen LogP contribution in [0.5, 0.6) is 0 Å². The summed E-state index contributed by atoms with van der Waals surface area (Å²) in [6, 6.07) is 19.8. The molecule has 0 atom stereocenters. The molecule has 0 unspecified atom stereocenters. The van der Waals surface area contributed by atoms with Crippen LogP contribution in [-0.2, 0) is 10.0 Å².